The summed E-state index contributed by atoms with van der Waals surface area (Å²) in [5.41, 5.74) is 1.35. The highest BCUT2D eigenvalue weighted by atomic mass is 19.4. The summed E-state index contributed by atoms with van der Waals surface area (Å²) in [6.07, 6.45) is -3.83. The molecule has 1 aliphatic heterocycles. The van der Waals surface area contributed by atoms with Gasteiger partial charge in [0.1, 0.15) is 5.82 Å². The topological polar surface area (TPSA) is 32.3 Å². The maximum absolute atomic E-state index is 13.4. The minimum absolute atomic E-state index is 0.0114. The lowest BCUT2D eigenvalue weighted by Gasteiger charge is -2.34. The molecule has 0 fully saturated rings. The first-order valence-electron chi connectivity index (χ1n) is 8.17. The van der Waals surface area contributed by atoms with E-state index in [0.29, 0.717) is 19.5 Å². The minimum Gasteiger partial charge on any atom is -0.350 e. The van der Waals surface area contributed by atoms with Crippen LogP contribution in [0.2, 0.25) is 0 Å². The number of nitrogens with one attached hydrogen (secondary N) is 1. The van der Waals surface area contributed by atoms with Crippen LogP contribution in [0, 0.1) is 5.82 Å². The molecule has 138 valence electrons. The molecule has 0 bridgehead atoms. The van der Waals surface area contributed by atoms with Gasteiger partial charge >= 0.3 is 6.18 Å². The van der Waals surface area contributed by atoms with E-state index in [4.69, 9.17) is 0 Å². The van der Waals surface area contributed by atoms with Crippen LogP contribution in [0.3, 0.4) is 0 Å². The van der Waals surface area contributed by atoms with Gasteiger partial charge in [0.2, 0.25) is 0 Å². The largest absolute Gasteiger partial charge is 0.416 e. The van der Waals surface area contributed by atoms with Crippen LogP contribution in [-0.4, -0.2) is 30.4 Å². The van der Waals surface area contributed by atoms with E-state index >= 15 is 0 Å². The monoisotopic (exact) mass is 366 g/mol. The van der Waals surface area contributed by atoms with Crippen LogP contribution in [0.15, 0.2) is 42.5 Å². The van der Waals surface area contributed by atoms with Gasteiger partial charge in [0.05, 0.1) is 5.56 Å². The lowest BCUT2D eigenvalue weighted by atomic mass is 9.94. The molecule has 7 heteroatoms. The Bertz CT molecular complexity index is 802. The highest BCUT2D eigenvalue weighted by Crippen LogP contribution is 2.29. The van der Waals surface area contributed by atoms with Crippen molar-refractivity contribution in [1.29, 1.82) is 0 Å². The SMILES string of the molecule is CN1Cc2ccc(F)cc2CC1CNC(=O)c1ccc(C(F)(F)F)cc1. The van der Waals surface area contributed by atoms with E-state index in [1.54, 1.807) is 6.07 Å². The van der Waals surface area contributed by atoms with Gasteiger partial charge in [-0.2, -0.15) is 13.2 Å². The Balaban J connectivity index is 1.62. The van der Waals surface area contributed by atoms with Crippen molar-refractivity contribution in [2.75, 3.05) is 13.6 Å². The lowest BCUT2D eigenvalue weighted by Crippen LogP contribution is -2.45. The van der Waals surface area contributed by atoms with E-state index in [1.165, 1.54) is 12.1 Å². The van der Waals surface area contributed by atoms with Gasteiger partial charge in [0.15, 0.2) is 0 Å². The van der Waals surface area contributed by atoms with Gasteiger partial charge in [-0.25, -0.2) is 4.39 Å². The zero-order chi connectivity index (χ0) is 18.9. The summed E-state index contributed by atoms with van der Waals surface area (Å²) in [6, 6.07) is 8.79. The Kier molecular flexibility index (Phi) is 5.00. The van der Waals surface area contributed by atoms with Crippen LogP contribution in [-0.2, 0) is 19.1 Å². The van der Waals surface area contributed by atoms with E-state index in [-0.39, 0.29) is 17.4 Å². The number of hydrogen-bond donors (Lipinski definition) is 1. The van der Waals surface area contributed by atoms with Gasteiger partial charge in [-0.15, -0.1) is 0 Å². The minimum atomic E-state index is -4.43. The molecule has 1 N–H and O–H groups in total. The second kappa shape index (κ2) is 7.07. The number of amides is 1. The summed E-state index contributed by atoms with van der Waals surface area (Å²) in [7, 11) is 1.92. The van der Waals surface area contributed by atoms with Gasteiger partial charge in [-0.1, -0.05) is 6.07 Å². The van der Waals surface area contributed by atoms with Crippen molar-refractivity contribution in [3.63, 3.8) is 0 Å². The molecule has 0 saturated carbocycles. The van der Waals surface area contributed by atoms with Crippen molar-refractivity contribution in [2.24, 2.45) is 0 Å². The van der Waals surface area contributed by atoms with Crippen LogP contribution >= 0.6 is 0 Å². The predicted molar refractivity (Wildman–Crippen MR) is 89.1 cm³/mol. The number of fused-ring (bicyclic) bond motifs is 1. The fourth-order valence-corrected chi connectivity index (χ4v) is 3.10. The fraction of sp³-hybridized carbons (Fsp3) is 0.316. The van der Waals surface area contributed by atoms with E-state index in [9.17, 15) is 22.4 Å². The first kappa shape index (κ1) is 18.4. The normalized spacial score (nSPS) is 17.7. The molecule has 1 atom stereocenters. The summed E-state index contributed by atoms with van der Waals surface area (Å²) in [6.45, 7) is 0.975. The molecule has 1 amide bonds. The van der Waals surface area contributed by atoms with Crippen LogP contribution in [0.25, 0.3) is 0 Å². The van der Waals surface area contributed by atoms with Crippen molar-refractivity contribution in [3.8, 4) is 0 Å². The summed E-state index contributed by atoms with van der Waals surface area (Å²) in [5, 5.41) is 2.75. The number of alkyl halides is 3. The lowest BCUT2D eigenvalue weighted by molar-refractivity contribution is -0.137. The summed E-state index contributed by atoms with van der Waals surface area (Å²) in [4.78, 5) is 14.2. The molecule has 0 radical (unpaired) electrons. The molecule has 1 unspecified atom stereocenters. The summed E-state index contributed by atoms with van der Waals surface area (Å²) in [5.74, 6) is -0.724. The number of hydrogen-bond acceptors (Lipinski definition) is 2. The number of likely N-dealkylation sites (N-methyl/N-ethyl adjacent to an activating group) is 1. The zero-order valence-corrected chi connectivity index (χ0v) is 14.1. The third-order valence-corrected chi connectivity index (χ3v) is 4.64. The standard InChI is InChI=1S/C19H18F4N2O/c1-25-11-13-4-7-16(20)8-14(13)9-17(25)10-24-18(26)12-2-5-15(6-3-12)19(21,22)23/h2-8,17H,9-11H2,1H3,(H,24,26). The molecular formula is C19H18F4N2O. The quantitative estimate of drug-likeness (QED) is 0.842. The number of halogens is 4. The average molecular weight is 366 g/mol. The molecule has 2 aromatic carbocycles. The number of carbonyl (C=O) groups is 1. The van der Waals surface area contributed by atoms with Gasteiger partial charge < -0.3 is 5.32 Å². The second-order valence-corrected chi connectivity index (χ2v) is 6.47. The molecule has 0 aromatic heterocycles. The zero-order valence-electron chi connectivity index (χ0n) is 14.1. The molecule has 3 nitrogen and oxygen atoms in total. The van der Waals surface area contributed by atoms with Crippen molar-refractivity contribution >= 4 is 5.91 Å². The van der Waals surface area contributed by atoms with E-state index in [2.05, 4.69) is 10.2 Å². The highest BCUT2D eigenvalue weighted by molar-refractivity contribution is 5.94. The molecule has 0 spiro atoms. The van der Waals surface area contributed by atoms with Gasteiger partial charge in [-0.05, 0) is 61.0 Å². The Morgan fingerprint density at radius 3 is 2.50 bits per heavy atom. The summed E-state index contributed by atoms with van der Waals surface area (Å²) >= 11 is 0. The maximum Gasteiger partial charge on any atom is 0.416 e. The van der Waals surface area contributed by atoms with E-state index < -0.39 is 17.6 Å². The fourth-order valence-electron chi connectivity index (χ4n) is 3.10. The molecule has 3 rings (SSSR count). The molecule has 26 heavy (non-hydrogen) atoms. The van der Waals surface area contributed by atoms with Crippen LogP contribution in [0.4, 0.5) is 17.6 Å². The first-order chi connectivity index (χ1) is 12.2. The average Bonchev–Trinajstić information content (AvgIpc) is 2.59. The van der Waals surface area contributed by atoms with Crippen molar-refractivity contribution in [2.45, 2.75) is 25.2 Å². The summed E-state index contributed by atoms with van der Waals surface area (Å²) < 4.78 is 51.1. The second-order valence-electron chi connectivity index (χ2n) is 6.47. The number of rotatable bonds is 3. The Hall–Kier alpha value is -2.41. The van der Waals surface area contributed by atoms with E-state index in [0.717, 1.165) is 35.4 Å². The smallest absolute Gasteiger partial charge is 0.350 e. The van der Waals surface area contributed by atoms with Crippen LogP contribution in [0.1, 0.15) is 27.0 Å². The molecule has 0 aliphatic carbocycles. The first-order valence-corrected chi connectivity index (χ1v) is 8.17. The van der Waals surface area contributed by atoms with Gasteiger partial charge in [0.25, 0.3) is 5.91 Å². The predicted octanol–water partition coefficient (Wildman–Crippen LogP) is 3.63. The van der Waals surface area contributed by atoms with Crippen molar-refractivity contribution in [3.05, 3.63) is 70.5 Å². The maximum atomic E-state index is 13.4. The van der Waals surface area contributed by atoms with Gasteiger partial charge in [0, 0.05) is 24.7 Å². The molecule has 1 heterocycles. The van der Waals surface area contributed by atoms with Crippen LogP contribution < -0.4 is 5.32 Å². The van der Waals surface area contributed by atoms with Crippen molar-refractivity contribution in [1.82, 2.24) is 10.2 Å². The Labute approximate surface area is 148 Å². The van der Waals surface area contributed by atoms with Crippen molar-refractivity contribution < 1.29 is 22.4 Å². The molecule has 0 saturated heterocycles. The number of carbonyl (C=O) groups excluding carboxylic acids is 1. The molecule has 1 aliphatic rings. The number of benzene rings is 2. The van der Waals surface area contributed by atoms with E-state index in [1.807, 2.05) is 7.05 Å². The Morgan fingerprint density at radius 2 is 1.85 bits per heavy atom. The highest BCUT2D eigenvalue weighted by Gasteiger charge is 2.30. The van der Waals surface area contributed by atoms with Gasteiger partial charge in [-0.3, -0.25) is 9.69 Å². The third kappa shape index (κ3) is 4.04. The molecule has 2 aromatic rings. The van der Waals surface area contributed by atoms with Crippen LogP contribution in [0.5, 0.6) is 0 Å². The third-order valence-electron chi connectivity index (χ3n) is 4.64. The number of nitrogens with zero attached hydrogens (tertiary/aromatic N) is 1. The molecular weight excluding hydrogens is 348 g/mol. The Morgan fingerprint density at radius 1 is 1.15 bits per heavy atom.